The lowest BCUT2D eigenvalue weighted by atomic mass is 9.74. The number of methoxy groups -OCH3 is 1. The highest BCUT2D eigenvalue weighted by Crippen LogP contribution is 2.40. The van der Waals surface area contributed by atoms with Crippen LogP contribution in [0, 0.1) is 23.7 Å². The number of aliphatic hydroxyl groups excluding tert-OH is 3. The summed E-state index contributed by atoms with van der Waals surface area (Å²) in [5.41, 5.74) is -4.84. The molecule has 0 radical (unpaired) electrons. The molecule has 0 saturated carbocycles. The zero-order valence-corrected chi connectivity index (χ0v) is 32.9. The van der Waals surface area contributed by atoms with Gasteiger partial charge in [-0.25, -0.2) is 0 Å². The van der Waals surface area contributed by atoms with Gasteiger partial charge >= 0.3 is 5.97 Å². The summed E-state index contributed by atoms with van der Waals surface area (Å²) in [6.07, 6.45) is -9.71. The minimum atomic E-state index is -1.99. The molecule has 0 aromatic rings. The second kappa shape index (κ2) is 17.0. The van der Waals surface area contributed by atoms with E-state index in [9.17, 15) is 35.1 Å². The highest BCUT2D eigenvalue weighted by molar-refractivity contribution is 5.83. The maximum atomic E-state index is 14.1. The molecule has 3 saturated heterocycles. The van der Waals surface area contributed by atoms with Gasteiger partial charge in [0.15, 0.2) is 12.6 Å². The fourth-order valence-corrected chi connectivity index (χ4v) is 8.41. The Kier molecular flexibility index (Phi) is 14.7. The van der Waals surface area contributed by atoms with E-state index in [1.165, 1.54) is 27.9 Å². The third-order valence-corrected chi connectivity index (χ3v) is 11.8. The van der Waals surface area contributed by atoms with Crippen LogP contribution in [0.3, 0.4) is 0 Å². The van der Waals surface area contributed by atoms with E-state index in [-0.39, 0.29) is 31.4 Å². The number of ketones is 1. The molecular formula is C37H67NO13. The van der Waals surface area contributed by atoms with Gasteiger partial charge in [-0.1, -0.05) is 27.7 Å². The predicted octanol–water partition coefficient (Wildman–Crippen LogP) is 1.79. The summed E-state index contributed by atoms with van der Waals surface area (Å²) >= 11 is 0. The molecule has 0 aromatic heterocycles. The second-order valence-corrected chi connectivity index (χ2v) is 16.5. The molecule has 5 N–H and O–H groups in total. The SMILES string of the molecule is CC[C@H]1OC(=O)[C@H](C)[C@@H](O[C@H]2C[C@@](C)(OC)[C@@H](O)[C@H](C)O2)[C@H](C)[C@@H](O[C@@H]2O[C@H](C)C[C@H](N(C)[14CH3])[C@H]2O)[C@](C)(O)C[C@@H](C)C(=O)[C@H](C)[C@@H](O)[C@]1(C)O. The van der Waals surface area contributed by atoms with Crippen LogP contribution in [0.5, 0.6) is 0 Å². The molecule has 298 valence electrons. The van der Waals surface area contributed by atoms with E-state index in [0.717, 1.165) is 0 Å². The Morgan fingerprint density at radius 1 is 0.922 bits per heavy atom. The Morgan fingerprint density at radius 3 is 2.08 bits per heavy atom. The van der Waals surface area contributed by atoms with Gasteiger partial charge in [-0.15, -0.1) is 0 Å². The molecule has 0 aliphatic carbocycles. The van der Waals surface area contributed by atoms with E-state index in [1.807, 2.05) is 25.9 Å². The first-order valence-electron chi connectivity index (χ1n) is 18.5. The topological polar surface area (TPSA) is 194 Å². The lowest BCUT2D eigenvalue weighted by Gasteiger charge is -2.49. The standard InChI is InChI=1S/C37H67NO13/c1-14-25-37(10,45)30(41)20(4)27(39)18(2)16-35(8,44)32(51-34-28(40)24(38(11)12)15-19(3)47-34)21(5)29(22(6)33(43)49-25)50-26-17-36(9,46-13)31(42)23(7)48-26/h18-26,28-32,34,40-42,44-45H,14-17H2,1-13H3/t18-,19-,20+,21+,22-,23+,24+,25-,26+,28-,29+,30-,31+,32-,34+,35-,36-,37-/m1/s1/i11+2. The number of rotatable bonds is 7. The fourth-order valence-electron chi connectivity index (χ4n) is 8.41. The van der Waals surface area contributed by atoms with Crippen molar-refractivity contribution in [2.24, 2.45) is 23.7 Å². The summed E-state index contributed by atoms with van der Waals surface area (Å²) in [6, 6.07) is -0.324. The van der Waals surface area contributed by atoms with Crippen molar-refractivity contribution in [2.75, 3.05) is 21.2 Å². The van der Waals surface area contributed by atoms with Crippen LogP contribution < -0.4 is 0 Å². The normalized spacial score (nSPS) is 49.7. The Balaban J connectivity index is 2.18. The first kappa shape index (κ1) is 44.1. The smallest absolute Gasteiger partial charge is 0.311 e. The van der Waals surface area contributed by atoms with Gasteiger partial charge in [-0.3, -0.25) is 9.59 Å². The van der Waals surface area contributed by atoms with Gasteiger partial charge in [-0.05, 0) is 74.9 Å². The highest BCUT2D eigenvalue weighted by atomic mass is 16.7. The molecule has 14 heteroatoms. The lowest BCUT2D eigenvalue weighted by molar-refractivity contribution is -0.318. The van der Waals surface area contributed by atoms with Crippen LogP contribution in [0.1, 0.15) is 94.9 Å². The number of carbonyl (C=O) groups is 2. The molecule has 3 heterocycles. The summed E-state index contributed by atoms with van der Waals surface area (Å²) in [6.45, 7) is 16.3. The number of ether oxygens (including phenoxy) is 6. The van der Waals surface area contributed by atoms with Gasteiger partial charge in [0.1, 0.15) is 29.7 Å². The van der Waals surface area contributed by atoms with Gasteiger partial charge in [0.05, 0.1) is 47.6 Å². The second-order valence-electron chi connectivity index (χ2n) is 16.5. The lowest BCUT2D eigenvalue weighted by Crippen LogP contribution is -2.61. The van der Waals surface area contributed by atoms with Crippen molar-refractivity contribution in [3.05, 3.63) is 0 Å². The molecule has 0 aromatic carbocycles. The quantitative estimate of drug-likeness (QED) is 0.238. The molecule has 51 heavy (non-hydrogen) atoms. The van der Waals surface area contributed by atoms with Gasteiger partial charge in [-0.2, -0.15) is 0 Å². The monoisotopic (exact) mass is 735 g/mol. The number of aliphatic hydroxyl groups is 5. The fraction of sp³-hybridized carbons (Fsp3) is 0.946. The Morgan fingerprint density at radius 2 is 1.53 bits per heavy atom. The number of hydrogen-bond acceptors (Lipinski definition) is 14. The number of esters is 1. The Labute approximate surface area is 304 Å². The van der Waals surface area contributed by atoms with Crippen molar-refractivity contribution in [2.45, 2.75) is 179 Å². The zero-order chi connectivity index (χ0) is 39.0. The molecule has 3 aliphatic heterocycles. The molecule has 18 atom stereocenters. The first-order chi connectivity index (χ1) is 23.4. The van der Waals surface area contributed by atoms with Crippen LogP contribution in [0.4, 0.5) is 0 Å². The van der Waals surface area contributed by atoms with Crippen molar-refractivity contribution in [1.29, 1.82) is 0 Å². The average molecular weight is 736 g/mol. The predicted molar refractivity (Wildman–Crippen MR) is 186 cm³/mol. The number of nitrogens with zero attached hydrogens (tertiary/aromatic N) is 1. The van der Waals surface area contributed by atoms with E-state index in [0.29, 0.717) is 6.42 Å². The van der Waals surface area contributed by atoms with Crippen molar-refractivity contribution < 1.29 is 63.5 Å². The van der Waals surface area contributed by atoms with Gasteiger partial charge < -0.3 is 58.9 Å². The van der Waals surface area contributed by atoms with Crippen molar-refractivity contribution in [3.8, 4) is 0 Å². The van der Waals surface area contributed by atoms with Crippen molar-refractivity contribution in [3.63, 3.8) is 0 Å². The summed E-state index contributed by atoms with van der Waals surface area (Å²) in [5, 5.41) is 57.6. The molecule has 3 aliphatic rings. The van der Waals surface area contributed by atoms with E-state index < -0.39 is 108 Å². The van der Waals surface area contributed by atoms with Crippen molar-refractivity contribution >= 4 is 11.8 Å². The van der Waals surface area contributed by atoms with E-state index in [2.05, 4.69) is 0 Å². The number of hydrogen-bond donors (Lipinski definition) is 5. The van der Waals surface area contributed by atoms with Gasteiger partial charge in [0.2, 0.25) is 0 Å². The molecule has 0 unspecified atom stereocenters. The summed E-state index contributed by atoms with van der Waals surface area (Å²) in [7, 11) is 5.18. The number of likely N-dealkylation sites (N-methyl/N-ethyl adjacent to an activating group) is 1. The molecule has 14 nitrogen and oxygen atoms in total. The largest absolute Gasteiger partial charge is 0.459 e. The van der Waals surface area contributed by atoms with Crippen LogP contribution in [-0.2, 0) is 38.0 Å². The van der Waals surface area contributed by atoms with Crippen LogP contribution in [-0.4, -0.2) is 148 Å². The number of Topliss-reactive ketones (excluding diaryl/α,β-unsaturated/α-hetero) is 1. The minimum absolute atomic E-state index is 0.0936. The average Bonchev–Trinajstić information content (AvgIpc) is 3.05. The third kappa shape index (κ3) is 9.51. The zero-order valence-electron chi connectivity index (χ0n) is 32.9. The molecule has 0 amide bonds. The third-order valence-electron chi connectivity index (χ3n) is 11.8. The number of cyclic esters (lactones) is 1. The van der Waals surface area contributed by atoms with Crippen LogP contribution >= 0.6 is 0 Å². The maximum Gasteiger partial charge on any atom is 0.311 e. The highest BCUT2D eigenvalue weighted by Gasteiger charge is 2.53. The Bertz CT molecular complexity index is 1170. The van der Waals surface area contributed by atoms with Crippen molar-refractivity contribution in [1.82, 2.24) is 4.90 Å². The van der Waals surface area contributed by atoms with Crippen LogP contribution in [0.25, 0.3) is 0 Å². The van der Waals surface area contributed by atoms with E-state index >= 15 is 0 Å². The van der Waals surface area contributed by atoms with Crippen LogP contribution in [0.2, 0.25) is 0 Å². The summed E-state index contributed by atoms with van der Waals surface area (Å²) in [4.78, 5) is 29.8. The first-order valence-corrected chi connectivity index (χ1v) is 18.5. The molecule has 0 spiro atoms. The van der Waals surface area contributed by atoms with E-state index in [4.69, 9.17) is 28.4 Å². The maximum absolute atomic E-state index is 14.1. The van der Waals surface area contributed by atoms with Gasteiger partial charge in [0, 0.05) is 37.3 Å². The summed E-state index contributed by atoms with van der Waals surface area (Å²) < 4.78 is 37.1. The molecule has 3 rings (SSSR count). The van der Waals surface area contributed by atoms with Crippen LogP contribution in [0.15, 0.2) is 0 Å². The minimum Gasteiger partial charge on any atom is -0.459 e. The molecular weight excluding hydrogens is 668 g/mol. The number of carbonyl (C=O) groups excluding carboxylic acids is 2. The Hall–Kier alpha value is -1.30. The molecule has 0 bridgehead atoms. The van der Waals surface area contributed by atoms with E-state index in [1.54, 1.807) is 41.5 Å². The summed E-state index contributed by atoms with van der Waals surface area (Å²) in [5.74, 6) is -4.98. The molecule has 3 fully saturated rings. The van der Waals surface area contributed by atoms with Gasteiger partial charge in [0.25, 0.3) is 0 Å².